The Bertz CT molecular complexity index is 1250. The van der Waals surface area contributed by atoms with Gasteiger partial charge in [-0.05, 0) is 71.6 Å². The Morgan fingerprint density at radius 3 is 2.04 bits per heavy atom. The SMILES string of the molecule is COC(=O)C(Cc1ccc(OCCNC(=O)OC(C)(C)C)cc1)NC(=O)[C@@H](NC(=O)[C@@H](N)CCCCNC(C)=O)C(C)(C)SCNC(C)=O. The monoisotopic (exact) mass is 710 g/mol. The van der Waals surface area contributed by atoms with Crippen molar-refractivity contribution in [2.24, 2.45) is 5.73 Å². The first-order valence-corrected chi connectivity index (χ1v) is 17.1. The minimum atomic E-state index is -1.15. The second-order valence-electron chi connectivity index (χ2n) is 12.9. The summed E-state index contributed by atoms with van der Waals surface area (Å²) in [4.78, 5) is 74.1. The van der Waals surface area contributed by atoms with Crippen LogP contribution in [0.2, 0.25) is 0 Å². The molecule has 1 rings (SSSR count). The fourth-order valence-electron chi connectivity index (χ4n) is 4.28. The van der Waals surface area contributed by atoms with E-state index in [0.29, 0.717) is 37.1 Å². The third kappa shape index (κ3) is 18.3. The second-order valence-corrected chi connectivity index (χ2v) is 14.5. The Hall–Kier alpha value is -4.05. The van der Waals surface area contributed by atoms with Crippen LogP contribution >= 0.6 is 11.8 Å². The molecule has 7 N–H and O–H groups in total. The molecule has 0 aromatic heterocycles. The number of rotatable bonds is 20. The van der Waals surface area contributed by atoms with Crippen LogP contribution in [0.15, 0.2) is 24.3 Å². The molecule has 0 fully saturated rings. The topological polar surface area (TPSA) is 216 Å². The van der Waals surface area contributed by atoms with E-state index >= 15 is 0 Å². The maximum atomic E-state index is 13.8. The van der Waals surface area contributed by atoms with Crippen molar-refractivity contribution in [3.05, 3.63) is 29.8 Å². The highest BCUT2D eigenvalue weighted by molar-refractivity contribution is 8.00. The molecule has 3 atom stereocenters. The summed E-state index contributed by atoms with van der Waals surface area (Å²) in [6, 6.07) is 3.69. The van der Waals surface area contributed by atoms with E-state index in [0.717, 1.165) is 0 Å². The zero-order chi connectivity index (χ0) is 37.2. The molecule has 0 aliphatic heterocycles. The van der Waals surface area contributed by atoms with Gasteiger partial charge in [0, 0.05) is 31.6 Å². The van der Waals surface area contributed by atoms with Crippen LogP contribution in [0.1, 0.15) is 73.3 Å². The molecule has 49 heavy (non-hydrogen) atoms. The average molecular weight is 711 g/mol. The van der Waals surface area contributed by atoms with Gasteiger partial charge in [-0.25, -0.2) is 9.59 Å². The number of methoxy groups -OCH3 is 1. The van der Waals surface area contributed by atoms with Gasteiger partial charge in [0.15, 0.2) is 0 Å². The molecule has 15 nitrogen and oxygen atoms in total. The predicted molar refractivity (Wildman–Crippen MR) is 187 cm³/mol. The Kier molecular flexibility index (Phi) is 18.5. The van der Waals surface area contributed by atoms with E-state index in [9.17, 15) is 28.8 Å². The number of alkyl carbamates (subject to hydrolysis) is 1. The molecule has 0 radical (unpaired) electrons. The summed E-state index contributed by atoms with van der Waals surface area (Å²) in [5, 5.41) is 13.4. The molecule has 1 unspecified atom stereocenters. The van der Waals surface area contributed by atoms with Gasteiger partial charge in [-0.1, -0.05) is 12.1 Å². The number of nitrogens with one attached hydrogen (secondary N) is 5. The van der Waals surface area contributed by atoms with Gasteiger partial charge in [0.2, 0.25) is 23.6 Å². The minimum absolute atomic E-state index is 0.0762. The van der Waals surface area contributed by atoms with Crippen molar-refractivity contribution in [1.29, 1.82) is 0 Å². The predicted octanol–water partition coefficient (Wildman–Crippen LogP) is 1.51. The van der Waals surface area contributed by atoms with E-state index < -0.39 is 52.4 Å². The van der Waals surface area contributed by atoms with Gasteiger partial charge in [-0.15, -0.1) is 11.8 Å². The lowest BCUT2D eigenvalue weighted by Crippen LogP contribution is -2.61. The third-order valence-corrected chi connectivity index (χ3v) is 8.13. The lowest BCUT2D eigenvalue weighted by molar-refractivity contribution is -0.145. The number of amides is 5. The molecule has 0 heterocycles. The van der Waals surface area contributed by atoms with Crippen LogP contribution in [-0.2, 0) is 39.9 Å². The third-order valence-electron chi connectivity index (χ3n) is 6.87. The molecule has 5 amide bonds. The number of carbonyl (C=O) groups excluding carboxylic acids is 6. The normalized spacial score (nSPS) is 13.2. The van der Waals surface area contributed by atoms with Crippen LogP contribution in [0.25, 0.3) is 0 Å². The van der Waals surface area contributed by atoms with Crippen LogP contribution in [0, 0.1) is 0 Å². The quantitative estimate of drug-likeness (QED) is 0.0648. The van der Waals surface area contributed by atoms with E-state index in [-0.39, 0.29) is 37.3 Å². The van der Waals surface area contributed by atoms with Crippen molar-refractivity contribution in [3.63, 3.8) is 0 Å². The molecular weight excluding hydrogens is 656 g/mol. The summed E-state index contributed by atoms with van der Waals surface area (Å²) < 4.78 is 14.9. The summed E-state index contributed by atoms with van der Waals surface area (Å²) >= 11 is 1.23. The van der Waals surface area contributed by atoms with Crippen molar-refractivity contribution in [1.82, 2.24) is 26.6 Å². The largest absolute Gasteiger partial charge is 0.492 e. The lowest BCUT2D eigenvalue weighted by Gasteiger charge is -2.35. The Morgan fingerprint density at radius 1 is 0.837 bits per heavy atom. The summed E-state index contributed by atoms with van der Waals surface area (Å²) in [5.74, 6) is -1.59. The van der Waals surface area contributed by atoms with Crippen molar-refractivity contribution in [3.8, 4) is 5.75 Å². The number of ether oxygens (including phenoxy) is 3. The molecule has 16 heteroatoms. The van der Waals surface area contributed by atoms with Gasteiger partial charge in [-0.2, -0.15) is 0 Å². The summed E-state index contributed by atoms with van der Waals surface area (Å²) in [6.45, 7) is 12.5. The molecule has 0 saturated carbocycles. The Morgan fingerprint density at radius 2 is 1.47 bits per heavy atom. The molecule has 0 aliphatic carbocycles. The number of unbranched alkanes of at least 4 members (excludes halogenated alkanes) is 1. The smallest absolute Gasteiger partial charge is 0.407 e. The summed E-state index contributed by atoms with van der Waals surface area (Å²) in [5.41, 5.74) is 6.23. The number of esters is 1. The molecule has 0 bridgehead atoms. The Balaban J connectivity index is 2.97. The first kappa shape index (κ1) is 43.0. The van der Waals surface area contributed by atoms with Crippen molar-refractivity contribution < 1.29 is 43.0 Å². The number of benzene rings is 1. The number of thioether (sulfide) groups is 1. The molecule has 1 aromatic carbocycles. The molecular formula is C33H54N6O9S. The van der Waals surface area contributed by atoms with Crippen LogP contribution < -0.4 is 37.1 Å². The van der Waals surface area contributed by atoms with E-state index in [1.807, 2.05) is 0 Å². The van der Waals surface area contributed by atoms with Gasteiger partial charge in [0.1, 0.15) is 30.0 Å². The highest BCUT2D eigenvalue weighted by atomic mass is 32.2. The molecule has 1 aromatic rings. The number of nitrogens with two attached hydrogens (primary N) is 1. The van der Waals surface area contributed by atoms with Crippen molar-refractivity contribution in [2.45, 2.75) is 103 Å². The van der Waals surface area contributed by atoms with Gasteiger partial charge >= 0.3 is 12.1 Å². The molecule has 0 saturated heterocycles. The van der Waals surface area contributed by atoms with Crippen LogP contribution in [0.5, 0.6) is 5.75 Å². The maximum absolute atomic E-state index is 13.8. The average Bonchev–Trinajstić information content (AvgIpc) is 3.00. The summed E-state index contributed by atoms with van der Waals surface area (Å²) in [7, 11) is 1.21. The molecule has 276 valence electrons. The maximum Gasteiger partial charge on any atom is 0.407 e. The fraction of sp³-hybridized carbons (Fsp3) is 0.636. The first-order valence-electron chi connectivity index (χ1n) is 16.1. The minimum Gasteiger partial charge on any atom is -0.492 e. The van der Waals surface area contributed by atoms with E-state index in [1.165, 1.54) is 32.7 Å². The van der Waals surface area contributed by atoms with E-state index in [4.69, 9.17) is 19.9 Å². The van der Waals surface area contributed by atoms with Crippen LogP contribution in [0.3, 0.4) is 0 Å². The summed E-state index contributed by atoms with van der Waals surface area (Å²) in [6.07, 6.45) is 1.05. The fourth-order valence-corrected chi connectivity index (χ4v) is 5.26. The standard InChI is InChI=1S/C33H54N6O9S/c1-21(40)35-16-10-9-11-25(34)28(42)39-27(33(6,7)49-20-37-22(2)41)29(43)38-26(30(44)46-8)19-23-12-14-24(15-13-23)47-18-17-36-31(45)48-32(3,4)5/h12-15,25-27H,9-11,16-20,34H2,1-8H3,(H,35,40)(H,36,45)(H,37,41)(H,38,43)(H,39,42)/t25-,26?,27+/m0/s1. The van der Waals surface area contributed by atoms with Gasteiger partial charge in [0.05, 0.1) is 25.6 Å². The van der Waals surface area contributed by atoms with Crippen molar-refractivity contribution in [2.75, 3.05) is 32.7 Å². The first-order chi connectivity index (χ1) is 22.8. The molecule has 0 spiro atoms. The number of carbonyl (C=O) groups is 6. The zero-order valence-corrected chi connectivity index (χ0v) is 30.7. The number of hydrogen-bond acceptors (Lipinski definition) is 11. The van der Waals surface area contributed by atoms with Gasteiger partial charge in [0.25, 0.3) is 0 Å². The zero-order valence-electron chi connectivity index (χ0n) is 29.9. The van der Waals surface area contributed by atoms with Crippen LogP contribution in [-0.4, -0.2) is 96.8 Å². The van der Waals surface area contributed by atoms with Gasteiger partial charge < -0.3 is 46.5 Å². The highest BCUT2D eigenvalue weighted by Crippen LogP contribution is 2.28. The van der Waals surface area contributed by atoms with E-state index in [1.54, 1.807) is 58.9 Å². The lowest BCUT2D eigenvalue weighted by atomic mass is 9.99. The highest BCUT2D eigenvalue weighted by Gasteiger charge is 2.39. The Labute approximate surface area is 293 Å². The molecule has 0 aliphatic rings. The number of hydrogen-bond donors (Lipinski definition) is 6. The van der Waals surface area contributed by atoms with Gasteiger partial charge in [-0.3, -0.25) is 19.2 Å². The van der Waals surface area contributed by atoms with Crippen LogP contribution in [0.4, 0.5) is 4.79 Å². The second kappa shape index (κ2) is 21.1. The van der Waals surface area contributed by atoms with E-state index in [2.05, 4.69) is 26.6 Å². The van der Waals surface area contributed by atoms with Crippen molar-refractivity contribution >= 4 is 47.5 Å².